The number of hydrogen-bond donors (Lipinski definition) is 2. The van der Waals surface area contributed by atoms with Crippen LogP contribution in [-0.2, 0) is 6.54 Å². The van der Waals surface area contributed by atoms with Crippen LogP contribution < -0.4 is 15.5 Å². The van der Waals surface area contributed by atoms with Gasteiger partial charge in [-0.2, -0.15) is 4.98 Å². The summed E-state index contributed by atoms with van der Waals surface area (Å²) in [5.41, 5.74) is 2.55. The summed E-state index contributed by atoms with van der Waals surface area (Å²) in [7, 11) is 0. The molecule has 148 valence electrons. The van der Waals surface area contributed by atoms with Gasteiger partial charge in [-0.15, -0.1) is 24.0 Å². The zero-order valence-electron chi connectivity index (χ0n) is 16.2. The van der Waals surface area contributed by atoms with Gasteiger partial charge < -0.3 is 20.1 Å². The van der Waals surface area contributed by atoms with E-state index in [0.29, 0.717) is 18.3 Å². The van der Waals surface area contributed by atoms with Crippen molar-refractivity contribution in [2.75, 3.05) is 24.5 Å². The second-order valence-electron chi connectivity index (χ2n) is 6.58. The lowest BCUT2D eigenvalue weighted by Crippen LogP contribution is -2.38. The Balaban J connectivity index is 0.00000261. The van der Waals surface area contributed by atoms with E-state index in [4.69, 9.17) is 4.52 Å². The summed E-state index contributed by atoms with van der Waals surface area (Å²) < 4.78 is 4.99. The molecular weight excluding hydrogens is 455 g/mol. The van der Waals surface area contributed by atoms with Crippen LogP contribution in [0, 0.1) is 6.92 Å². The van der Waals surface area contributed by atoms with E-state index >= 15 is 0 Å². The Morgan fingerprint density at radius 2 is 2.11 bits per heavy atom. The fraction of sp³-hybridized carbons (Fsp3) is 0.526. The summed E-state index contributed by atoms with van der Waals surface area (Å²) in [6.45, 7) is 9.45. The van der Waals surface area contributed by atoms with E-state index in [-0.39, 0.29) is 30.0 Å². The number of aliphatic imine (C=N–C) groups is 1. The molecule has 0 aliphatic carbocycles. The van der Waals surface area contributed by atoms with E-state index in [1.54, 1.807) is 6.92 Å². The molecule has 1 fully saturated rings. The molecule has 0 radical (unpaired) electrons. The van der Waals surface area contributed by atoms with Crippen LogP contribution in [0.1, 0.15) is 50.0 Å². The summed E-state index contributed by atoms with van der Waals surface area (Å²) in [6, 6.07) is 8.90. The highest BCUT2D eigenvalue weighted by Gasteiger charge is 2.14. The fourth-order valence-electron chi connectivity index (χ4n) is 3.13. The lowest BCUT2D eigenvalue weighted by molar-refractivity contribution is 0.387. The summed E-state index contributed by atoms with van der Waals surface area (Å²) in [5, 5.41) is 10.6. The second-order valence-corrected chi connectivity index (χ2v) is 6.58. The van der Waals surface area contributed by atoms with E-state index in [9.17, 15) is 0 Å². The number of nitrogens with one attached hydrogen (secondary N) is 2. The first-order valence-corrected chi connectivity index (χ1v) is 9.34. The predicted octanol–water partition coefficient (Wildman–Crippen LogP) is 3.41. The zero-order valence-corrected chi connectivity index (χ0v) is 18.6. The number of benzene rings is 1. The van der Waals surface area contributed by atoms with Crippen molar-refractivity contribution in [1.29, 1.82) is 0 Å². The highest BCUT2D eigenvalue weighted by atomic mass is 127. The van der Waals surface area contributed by atoms with Crippen molar-refractivity contribution in [2.45, 2.75) is 46.2 Å². The van der Waals surface area contributed by atoms with Gasteiger partial charge in [-0.05, 0) is 44.4 Å². The minimum Gasteiger partial charge on any atom is -0.372 e. The number of nitrogens with zero attached hydrogens (tertiary/aromatic N) is 4. The number of rotatable bonds is 6. The highest BCUT2D eigenvalue weighted by molar-refractivity contribution is 14.0. The maximum absolute atomic E-state index is 4.99. The molecule has 1 aliphatic heterocycles. The van der Waals surface area contributed by atoms with Crippen LogP contribution in [0.2, 0.25) is 0 Å². The molecule has 1 aromatic carbocycles. The maximum Gasteiger partial charge on any atom is 0.223 e. The average molecular weight is 484 g/mol. The molecule has 1 atom stereocenters. The topological polar surface area (TPSA) is 78.6 Å². The van der Waals surface area contributed by atoms with Gasteiger partial charge in [0.05, 0.1) is 6.04 Å². The Bertz CT molecular complexity index is 741. The van der Waals surface area contributed by atoms with Gasteiger partial charge in [0.25, 0.3) is 0 Å². The molecule has 1 aromatic heterocycles. The van der Waals surface area contributed by atoms with Crippen molar-refractivity contribution in [3.8, 4) is 0 Å². The molecule has 0 bridgehead atoms. The Labute approximate surface area is 178 Å². The van der Waals surface area contributed by atoms with Crippen molar-refractivity contribution in [3.05, 3.63) is 41.5 Å². The van der Waals surface area contributed by atoms with Crippen molar-refractivity contribution < 1.29 is 4.52 Å². The van der Waals surface area contributed by atoms with Crippen LogP contribution in [-0.4, -0.2) is 35.7 Å². The van der Waals surface area contributed by atoms with Crippen molar-refractivity contribution >= 4 is 35.6 Å². The number of halogens is 1. The molecule has 1 aliphatic rings. The summed E-state index contributed by atoms with van der Waals surface area (Å²) in [4.78, 5) is 11.2. The van der Waals surface area contributed by atoms with Gasteiger partial charge in [0.1, 0.15) is 6.54 Å². The Morgan fingerprint density at radius 3 is 2.78 bits per heavy atom. The number of anilines is 1. The molecule has 8 heteroatoms. The van der Waals surface area contributed by atoms with Crippen LogP contribution in [0.4, 0.5) is 5.69 Å². The SMILES string of the molecule is CCNC(=NCc1noc(C)n1)NC(C)c1cccc(N2CCCC2)c1.I. The van der Waals surface area contributed by atoms with E-state index in [1.807, 2.05) is 6.92 Å². The van der Waals surface area contributed by atoms with Gasteiger partial charge in [0.2, 0.25) is 5.89 Å². The largest absolute Gasteiger partial charge is 0.372 e. The normalized spacial score (nSPS) is 15.4. The minimum absolute atomic E-state index is 0. The fourth-order valence-corrected chi connectivity index (χ4v) is 3.13. The third-order valence-corrected chi connectivity index (χ3v) is 4.49. The van der Waals surface area contributed by atoms with Crippen LogP contribution in [0.15, 0.2) is 33.8 Å². The van der Waals surface area contributed by atoms with E-state index in [2.05, 4.69) is 61.9 Å². The van der Waals surface area contributed by atoms with Crippen molar-refractivity contribution in [1.82, 2.24) is 20.8 Å². The smallest absolute Gasteiger partial charge is 0.223 e. The van der Waals surface area contributed by atoms with Gasteiger partial charge in [-0.25, -0.2) is 4.99 Å². The molecule has 7 nitrogen and oxygen atoms in total. The molecule has 1 saturated heterocycles. The van der Waals surface area contributed by atoms with Crippen LogP contribution in [0.3, 0.4) is 0 Å². The zero-order chi connectivity index (χ0) is 18.4. The standard InChI is InChI=1S/C19H28N6O.HI/c1-4-20-19(21-13-18-23-15(3)26-24-18)22-14(2)16-8-7-9-17(12-16)25-10-5-6-11-25;/h7-9,12,14H,4-6,10-11,13H2,1-3H3,(H2,20,21,22);1H. The molecule has 3 rings (SSSR count). The van der Waals surface area contributed by atoms with Gasteiger partial charge in [-0.1, -0.05) is 17.3 Å². The summed E-state index contributed by atoms with van der Waals surface area (Å²) in [5.74, 6) is 1.89. The molecule has 0 amide bonds. The van der Waals surface area contributed by atoms with E-state index in [1.165, 1.54) is 24.1 Å². The van der Waals surface area contributed by atoms with Crippen LogP contribution >= 0.6 is 24.0 Å². The first-order chi connectivity index (χ1) is 12.7. The quantitative estimate of drug-likeness (QED) is 0.372. The summed E-state index contributed by atoms with van der Waals surface area (Å²) >= 11 is 0. The minimum atomic E-state index is 0. The van der Waals surface area contributed by atoms with Crippen molar-refractivity contribution in [3.63, 3.8) is 0 Å². The lowest BCUT2D eigenvalue weighted by atomic mass is 10.1. The van der Waals surface area contributed by atoms with Gasteiger partial charge in [0, 0.05) is 32.2 Å². The van der Waals surface area contributed by atoms with Crippen LogP contribution in [0.5, 0.6) is 0 Å². The van der Waals surface area contributed by atoms with Gasteiger partial charge in [0.15, 0.2) is 11.8 Å². The average Bonchev–Trinajstić information content (AvgIpc) is 3.32. The first kappa shape index (κ1) is 21.5. The predicted molar refractivity (Wildman–Crippen MR) is 119 cm³/mol. The third-order valence-electron chi connectivity index (χ3n) is 4.49. The third kappa shape index (κ3) is 6.08. The molecule has 0 saturated carbocycles. The molecular formula is C19H29IN6O. The van der Waals surface area contributed by atoms with Gasteiger partial charge >= 0.3 is 0 Å². The monoisotopic (exact) mass is 484 g/mol. The maximum atomic E-state index is 4.99. The Hall–Kier alpha value is -1.84. The molecule has 1 unspecified atom stereocenters. The van der Waals surface area contributed by atoms with Crippen LogP contribution in [0.25, 0.3) is 0 Å². The first-order valence-electron chi connectivity index (χ1n) is 9.34. The van der Waals surface area contributed by atoms with Crippen molar-refractivity contribution in [2.24, 2.45) is 4.99 Å². The Morgan fingerprint density at radius 1 is 1.33 bits per heavy atom. The highest BCUT2D eigenvalue weighted by Crippen LogP contribution is 2.23. The Kier molecular flexibility index (Phi) is 8.33. The number of aromatic nitrogens is 2. The molecule has 0 spiro atoms. The molecule has 2 heterocycles. The van der Waals surface area contributed by atoms with Gasteiger partial charge in [-0.3, -0.25) is 0 Å². The van der Waals surface area contributed by atoms with E-state index < -0.39 is 0 Å². The molecule has 27 heavy (non-hydrogen) atoms. The number of hydrogen-bond acceptors (Lipinski definition) is 5. The summed E-state index contributed by atoms with van der Waals surface area (Å²) in [6.07, 6.45) is 2.57. The number of aryl methyl sites for hydroxylation is 1. The second kappa shape index (κ2) is 10.5. The number of guanidine groups is 1. The van der Waals surface area contributed by atoms with E-state index in [0.717, 1.165) is 25.6 Å². The lowest BCUT2D eigenvalue weighted by Gasteiger charge is -2.22. The molecule has 2 aromatic rings. The molecule has 2 N–H and O–H groups in total.